The summed E-state index contributed by atoms with van der Waals surface area (Å²) in [6.07, 6.45) is 0.782. The second-order valence-electron chi connectivity index (χ2n) is 4.39. The first-order valence-electron chi connectivity index (χ1n) is 6.36. The number of benzene rings is 2. The summed E-state index contributed by atoms with van der Waals surface area (Å²) in [6.45, 7) is 1.99. The standard InChI is InChI=1S/C15H13ClN2O3/c1-2-10-5-3-4-6-14(10)17-15(19)12-8-7-11(18(20)21)9-13(12)16/h3-9H,2H2,1H3,(H,17,19). The second kappa shape index (κ2) is 6.37. The van der Waals surface area contributed by atoms with Crippen molar-refractivity contribution in [3.05, 3.63) is 68.7 Å². The first kappa shape index (κ1) is 15.0. The average Bonchev–Trinajstić information content (AvgIpc) is 2.47. The molecule has 0 aliphatic heterocycles. The van der Waals surface area contributed by atoms with Crippen LogP contribution in [-0.4, -0.2) is 10.8 Å². The summed E-state index contributed by atoms with van der Waals surface area (Å²) in [5, 5.41) is 13.5. The summed E-state index contributed by atoms with van der Waals surface area (Å²) >= 11 is 5.94. The summed E-state index contributed by atoms with van der Waals surface area (Å²) in [7, 11) is 0. The molecule has 0 aromatic heterocycles. The van der Waals surface area contributed by atoms with Crippen LogP contribution >= 0.6 is 11.6 Å². The number of amides is 1. The van der Waals surface area contributed by atoms with Crippen LogP contribution in [-0.2, 0) is 6.42 Å². The number of nitrogens with zero attached hydrogens (tertiary/aromatic N) is 1. The van der Waals surface area contributed by atoms with Crippen LogP contribution in [0.15, 0.2) is 42.5 Å². The Balaban J connectivity index is 2.26. The van der Waals surface area contributed by atoms with Gasteiger partial charge in [-0.2, -0.15) is 0 Å². The minimum Gasteiger partial charge on any atom is -0.322 e. The number of carbonyl (C=O) groups is 1. The first-order chi connectivity index (χ1) is 10.0. The molecule has 0 aliphatic rings. The Morgan fingerprint density at radius 3 is 2.62 bits per heavy atom. The molecule has 2 aromatic carbocycles. The highest BCUT2D eigenvalue weighted by Crippen LogP contribution is 2.24. The van der Waals surface area contributed by atoms with Crippen molar-refractivity contribution in [1.82, 2.24) is 0 Å². The molecule has 2 rings (SSSR count). The summed E-state index contributed by atoms with van der Waals surface area (Å²) in [4.78, 5) is 22.3. The molecule has 0 saturated heterocycles. The molecule has 1 N–H and O–H groups in total. The number of hydrogen-bond donors (Lipinski definition) is 1. The quantitative estimate of drug-likeness (QED) is 0.683. The van der Waals surface area contributed by atoms with Crippen molar-refractivity contribution < 1.29 is 9.72 Å². The predicted molar refractivity (Wildman–Crippen MR) is 81.9 cm³/mol. The van der Waals surface area contributed by atoms with E-state index in [1.54, 1.807) is 6.07 Å². The number of nitro benzene ring substituents is 1. The van der Waals surface area contributed by atoms with E-state index in [1.807, 2.05) is 25.1 Å². The third-order valence-corrected chi connectivity index (χ3v) is 3.37. The van der Waals surface area contributed by atoms with Crippen LogP contribution in [0.3, 0.4) is 0 Å². The number of nitrogens with one attached hydrogen (secondary N) is 1. The zero-order valence-corrected chi connectivity index (χ0v) is 12.1. The number of non-ortho nitro benzene ring substituents is 1. The predicted octanol–water partition coefficient (Wildman–Crippen LogP) is 4.06. The van der Waals surface area contributed by atoms with Crippen molar-refractivity contribution in [2.45, 2.75) is 13.3 Å². The zero-order valence-electron chi connectivity index (χ0n) is 11.3. The number of halogens is 1. The van der Waals surface area contributed by atoms with E-state index in [4.69, 9.17) is 11.6 Å². The summed E-state index contributed by atoms with van der Waals surface area (Å²) in [6, 6.07) is 11.2. The van der Waals surface area contributed by atoms with Gasteiger partial charge in [0, 0.05) is 17.8 Å². The van der Waals surface area contributed by atoms with E-state index in [2.05, 4.69) is 5.32 Å². The van der Waals surface area contributed by atoms with E-state index < -0.39 is 10.8 Å². The Kier molecular flexibility index (Phi) is 4.55. The average molecular weight is 305 g/mol. The second-order valence-corrected chi connectivity index (χ2v) is 4.79. The molecule has 0 heterocycles. The van der Waals surface area contributed by atoms with Gasteiger partial charge in [0.05, 0.1) is 15.5 Å². The highest BCUT2D eigenvalue weighted by molar-refractivity contribution is 6.34. The van der Waals surface area contributed by atoms with E-state index in [9.17, 15) is 14.9 Å². The van der Waals surface area contributed by atoms with Crippen molar-refractivity contribution in [3.63, 3.8) is 0 Å². The number of anilines is 1. The molecule has 108 valence electrons. The maximum Gasteiger partial charge on any atom is 0.270 e. The van der Waals surface area contributed by atoms with Gasteiger partial charge in [0.15, 0.2) is 0 Å². The molecule has 0 unspecified atom stereocenters. The monoisotopic (exact) mass is 304 g/mol. The van der Waals surface area contributed by atoms with E-state index in [0.29, 0.717) is 5.69 Å². The topological polar surface area (TPSA) is 72.2 Å². The third kappa shape index (κ3) is 3.38. The zero-order chi connectivity index (χ0) is 15.4. The third-order valence-electron chi connectivity index (χ3n) is 3.05. The Hall–Kier alpha value is -2.40. The van der Waals surface area contributed by atoms with Gasteiger partial charge < -0.3 is 5.32 Å². The molecular weight excluding hydrogens is 292 g/mol. The Bertz CT molecular complexity index is 701. The summed E-state index contributed by atoms with van der Waals surface area (Å²) < 4.78 is 0. The fraction of sp³-hybridized carbons (Fsp3) is 0.133. The van der Waals surface area contributed by atoms with E-state index >= 15 is 0 Å². The van der Waals surface area contributed by atoms with Gasteiger partial charge in [0.25, 0.3) is 11.6 Å². The van der Waals surface area contributed by atoms with E-state index in [0.717, 1.165) is 12.0 Å². The van der Waals surface area contributed by atoms with Crippen LogP contribution in [0.5, 0.6) is 0 Å². The lowest BCUT2D eigenvalue weighted by atomic mass is 10.1. The van der Waals surface area contributed by atoms with Gasteiger partial charge in [-0.15, -0.1) is 0 Å². The van der Waals surface area contributed by atoms with E-state index in [-0.39, 0.29) is 16.3 Å². The lowest BCUT2D eigenvalue weighted by molar-refractivity contribution is -0.384. The van der Waals surface area contributed by atoms with Crippen LogP contribution in [0.25, 0.3) is 0 Å². The Morgan fingerprint density at radius 2 is 2.00 bits per heavy atom. The summed E-state index contributed by atoms with van der Waals surface area (Å²) in [5.74, 6) is -0.393. The molecule has 6 heteroatoms. The number of aryl methyl sites for hydroxylation is 1. The largest absolute Gasteiger partial charge is 0.322 e. The maximum absolute atomic E-state index is 12.2. The Morgan fingerprint density at radius 1 is 1.29 bits per heavy atom. The lowest BCUT2D eigenvalue weighted by Crippen LogP contribution is -2.13. The highest BCUT2D eigenvalue weighted by Gasteiger charge is 2.15. The molecule has 0 fully saturated rings. The van der Waals surface area contributed by atoms with Gasteiger partial charge in [0.1, 0.15) is 0 Å². The van der Waals surface area contributed by atoms with E-state index in [1.165, 1.54) is 18.2 Å². The summed E-state index contributed by atoms with van der Waals surface area (Å²) in [5.41, 5.74) is 1.77. The molecule has 2 aromatic rings. The molecule has 0 aliphatic carbocycles. The highest BCUT2D eigenvalue weighted by atomic mass is 35.5. The Labute approximate surface area is 126 Å². The van der Waals surface area contributed by atoms with Crippen LogP contribution < -0.4 is 5.32 Å². The molecule has 5 nitrogen and oxygen atoms in total. The minimum absolute atomic E-state index is 0.0516. The molecule has 0 atom stereocenters. The van der Waals surface area contributed by atoms with Crippen molar-refractivity contribution in [1.29, 1.82) is 0 Å². The number of para-hydroxylation sites is 1. The molecule has 21 heavy (non-hydrogen) atoms. The smallest absolute Gasteiger partial charge is 0.270 e. The van der Waals surface area contributed by atoms with Gasteiger partial charge >= 0.3 is 0 Å². The van der Waals surface area contributed by atoms with Gasteiger partial charge in [-0.1, -0.05) is 36.7 Å². The number of rotatable bonds is 4. The molecule has 0 radical (unpaired) electrons. The van der Waals surface area contributed by atoms with Crippen molar-refractivity contribution in [2.24, 2.45) is 0 Å². The number of nitro groups is 1. The number of hydrogen-bond acceptors (Lipinski definition) is 3. The fourth-order valence-electron chi connectivity index (χ4n) is 1.94. The SMILES string of the molecule is CCc1ccccc1NC(=O)c1ccc([N+](=O)[O-])cc1Cl. The van der Waals surface area contributed by atoms with Crippen LogP contribution in [0.4, 0.5) is 11.4 Å². The van der Waals surface area contributed by atoms with Gasteiger partial charge in [-0.05, 0) is 24.1 Å². The minimum atomic E-state index is -0.556. The molecule has 1 amide bonds. The number of carbonyl (C=O) groups excluding carboxylic acids is 1. The molecular formula is C15H13ClN2O3. The van der Waals surface area contributed by atoms with Crippen LogP contribution in [0, 0.1) is 10.1 Å². The van der Waals surface area contributed by atoms with Crippen LogP contribution in [0.1, 0.15) is 22.8 Å². The molecule has 0 spiro atoms. The fourth-order valence-corrected chi connectivity index (χ4v) is 2.20. The van der Waals surface area contributed by atoms with Crippen molar-refractivity contribution in [2.75, 3.05) is 5.32 Å². The molecule has 0 saturated carbocycles. The molecule has 0 bridgehead atoms. The van der Waals surface area contributed by atoms with Crippen LogP contribution in [0.2, 0.25) is 5.02 Å². The van der Waals surface area contributed by atoms with Gasteiger partial charge in [-0.25, -0.2) is 0 Å². The maximum atomic E-state index is 12.2. The van der Waals surface area contributed by atoms with Gasteiger partial charge in [-0.3, -0.25) is 14.9 Å². The normalized spacial score (nSPS) is 10.2. The van der Waals surface area contributed by atoms with Crippen molar-refractivity contribution >= 4 is 28.9 Å². The van der Waals surface area contributed by atoms with Gasteiger partial charge in [0.2, 0.25) is 0 Å². The van der Waals surface area contributed by atoms with Crippen molar-refractivity contribution in [3.8, 4) is 0 Å². The lowest BCUT2D eigenvalue weighted by Gasteiger charge is -2.10. The first-order valence-corrected chi connectivity index (χ1v) is 6.74.